The molecular formula is C18H26N2. The van der Waals surface area contributed by atoms with Crippen LogP contribution in [0.1, 0.15) is 48.8 Å². The first-order valence-corrected chi connectivity index (χ1v) is 8.03. The summed E-state index contributed by atoms with van der Waals surface area (Å²) in [7, 11) is 0. The van der Waals surface area contributed by atoms with E-state index in [0.717, 1.165) is 19.1 Å². The normalized spacial score (nSPS) is 21.6. The zero-order valence-electron chi connectivity index (χ0n) is 13.1. The maximum atomic E-state index is 3.64. The van der Waals surface area contributed by atoms with Crippen LogP contribution >= 0.6 is 0 Å². The third-order valence-electron chi connectivity index (χ3n) is 4.73. The molecule has 1 aromatic carbocycles. The number of nitrogens with zero attached hydrogens (tertiary/aromatic N) is 2. The van der Waals surface area contributed by atoms with E-state index in [9.17, 15) is 0 Å². The van der Waals surface area contributed by atoms with Gasteiger partial charge < -0.3 is 4.90 Å². The van der Waals surface area contributed by atoms with Gasteiger partial charge in [0, 0.05) is 24.8 Å². The van der Waals surface area contributed by atoms with Gasteiger partial charge in [-0.15, -0.1) is 0 Å². The molecule has 0 bridgehead atoms. The number of rotatable bonds is 2. The molecule has 2 aliphatic rings. The maximum absolute atomic E-state index is 3.64. The first kappa shape index (κ1) is 13.9. The van der Waals surface area contributed by atoms with Gasteiger partial charge in [-0.3, -0.25) is 4.90 Å². The Morgan fingerprint density at radius 3 is 2.25 bits per heavy atom. The minimum Gasteiger partial charge on any atom is -0.345 e. The molecule has 0 amide bonds. The third kappa shape index (κ3) is 2.71. The topological polar surface area (TPSA) is 6.48 Å². The van der Waals surface area contributed by atoms with E-state index in [1.807, 2.05) is 0 Å². The molecule has 108 valence electrons. The predicted molar refractivity (Wildman–Crippen MR) is 84.8 cm³/mol. The van der Waals surface area contributed by atoms with Crippen LogP contribution in [-0.4, -0.2) is 24.0 Å². The standard InChI is InChI=1S/C18H26N2/c1-14-11-15(2)18(16(3)12-14)20-10-9-19(13-20)17-7-5-4-6-8-17/h11-12,17H,4-10H2,1-3H3. The van der Waals surface area contributed by atoms with Crippen molar-refractivity contribution < 1.29 is 0 Å². The number of anilines is 1. The van der Waals surface area contributed by atoms with Crippen molar-refractivity contribution in [3.05, 3.63) is 35.5 Å². The molecule has 3 rings (SSSR count). The van der Waals surface area contributed by atoms with Gasteiger partial charge in [0.15, 0.2) is 6.67 Å². The minimum atomic E-state index is 0.736. The van der Waals surface area contributed by atoms with Gasteiger partial charge in [-0.05, 0) is 44.7 Å². The van der Waals surface area contributed by atoms with Crippen molar-refractivity contribution in [2.75, 3.05) is 18.0 Å². The summed E-state index contributed by atoms with van der Waals surface area (Å²) in [6.07, 6.45) is 6.92. The van der Waals surface area contributed by atoms with Crippen molar-refractivity contribution in [2.45, 2.75) is 58.9 Å². The second-order valence-electron chi connectivity index (χ2n) is 6.48. The number of benzene rings is 1. The Hall–Kier alpha value is -1.02. The molecule has 1 aromatic rings. The van der Waals surface area contributed by atoms with E-state index in [1.165, 1.54) is 54.5 Å². The van der Waals surface area contributed by atoms with Crippen LogP contribution in [0.5, 0.6) is 0 Å². The fraction of sp³-hybridized carbons (Fsp3) is 0.611. The molecule has 0 unspecified atom stereocenters. The molecule has 0 N–H and O–H groups in total. The summed E-state index contributed by atoms with van der Waals surface area (Å²) in [4.78, 5) is 4.82. The Labute approximate surface area is 123 Å². The smallest absolute Gasteiger partial charge is 0.177 e. The largest absolute Gasteiger partial charge is 0.345 e. The van der Waals surface area contributed by atoms with Crippen molar-refractivity contribution in [3.8, 4) is 0 Å². The maximum Gasteiger partial charge on any atom is 0.177 e. The lowest BCUT2D eigenvalue weighted by Gasteiger charge is -2.30. The fourth-order valence-corrected chi connectivity index (χ4v) is 3.88. The molecule has 2 fully saturated rings. The van der Waals surface area contributed by atoms with Crippen LogP contribution < -0.4 is 4.90 Å². The van der Waals surface area contributed by atoms with E-state index < -0.39 is 0 Å². The molecule has 0 aromatic heterocycles. The van der Waals surface area contributed by atoms with Gasteiger partial charge in [0.05, 0.1) is 0 Å². The lowest BCUT2D eigenvalue weighted by molar-refractivity contribution is 0.221. The first-order valence-electron chi connectivity index (χ1n) is 8.03. The van der Waals surface area contributed by atoms with Gasteiger partial charge in [0.1, 0.15) is 0 Å². The van der Waals surface area contributed by atoms with E-state index >= 15 is 0 Å². The second kappa shape index (κ2) is 5.77. The van der Waals surface area contributed by atoms with Crippen LogP contribution in [0.3, 0.4) is 0 Å². The SMILES string of the molecule is Cc1cc(C)c(N2[C]N(C3CCCCC3)CC2)c(C)c1. The van der Waals surface area contributed by atoms with Crippen molar-refractivity contribution in [2.24, 2.45) is 0 Å². The summed E-state index contributed by atoms with van der Waals surface area (Å²) in [6, 6.07) is 5.31. The lowest BCUT2D eigenvalue weighted by atomic mass is 9.94. The van der Waals surface area contributed by atoms with Crippen LogP contribution in [-0.2, 0) is 0 Å². The number of hydrogen-bond donors (Lipinski definition) is 0. The predicted octanol–water partition coefficient (Wildman–Crippen LogP) is 4.06. The summed E-state index contributed by atoms with van der Waals surface area (Å²) in [5.41, 5.74) is 5.47. The number of aryl methyl sites for hydroxylation is 3. The molecule has 20 heavy (non-hydrogen) atoms. The molecule has 1 aliphatic heterocycles. The third-order valence-corrected chi connectivity index (χ3v) is 4.73. The summed E-state index contributed by atoms with van der Waals surface area (Å²) >= 11 is 0. The Morgan fingerprint density at radius 2 is 1.60 bits per heavy atom. The highest BCUT2D eigenvalue weighted by Gasteiger charge is 2.30. The molecular weight excluding hydrogens is 244 g/mol. The van der Waals surface area contributed by atoms with Crippen molar-refractivity contribution in [3.63, 3.8) is 0 Å². The average molecular weight is 270 g/mol. The Bertz CT molecular complexity index is 451. The zero-order valence-corrected chi connectivity index (χ0v) is 13.1. The van der Waals surface area contributed by atoms with Crippen molar-refractivity contribution >= 4 is 5.69 Å². The van der Waals surface area contributed by atoms with Gasteiger partial charge in [0.2, 0.25) is 0 Å². The van der Waals surface area contributed by atoms with Crippen LogP contribution in [0, 0.1) is 27.4 Å². The molecule has 1 heterocycles. The van der Waals surface area contributed by atoms with Gasteiger partial charge >= 0.3 is 0 Å². The highest BCUT2D eigenvalue weighted by atomic mass is 15.4. The van der Waals surface area contributed by atoms with E-state index in [0.29, 0.717) is 0 Å². The second-order valence-corrected chi connectivity index (χ2v) is 6.48. The van der Waals surface area contributed by atoms with Gasteiger partial charge in [-0.25, -0.2) is 0 Å². The summed E-state index contributed by atoms with van der Waals surface area (Å²) in [5, 5.41) is 0. The molecule has 0 atom stereocenters. The summed E-state index contributed by atoms with van der Waals surface area (Å²) < 4.78 is 0. The summed E-state index contributed by atoms with van der Waals surface area (Å²) in [6.45, 7) is 12.5. The zero-order chi connectivity index (χ0) is 14.1. The molecule has 2 radical (unpaired) electrons. The Balaban J connectivity index is 1.73. The van der Waals surface area contributed by atoms with Crippen LogP contribution in [0.2, 0.25) is 0 Å². The molecule has 1 saturated carbocycles. The van der Waals surface area contributed by atoms with Gasteiger partial charge in [-0.2, -0.15) is 0 Å². The molecule has 0 spiro atoms. The van der Waals surface area contributed by atoms with E-state index in [2.05, 4.69) is 49.4 Å². The van der Waals surface area contributed by atoms with E-state index in [-0.39, 0.29) is 0 Å². The summed E-state index contributed by atoms with van der Waals surface area (Å²) in [5.74, 6) is 0. The van der Waals surface area contributed by atoms with Gasteiger partial charge in [0.25, 0.3) is 0 Å². The van der Waals surface area contributed by atoms with E-state index in [4.69, 9.17) is 0 Å². The molecule has 1 saturated heterocycles. The molecule has 1 aliphatic carbocycles. The Kier molecular flexibility index (Phi) is 4.02. The quantitative estimate of drug-likeness (QED) is 0.799. The Morgan fingerprint density at radius 1 is 0.950 bits per heavy atom. The monoisotopic (exact) mass is 270 g/mol. The number of hydrogen-bond acceptors (Lipinski definition) is 2. The highest BCUT2D eigenvalue weighted by molar-refractivity contribution is 5.61. The minimum absolute atomic E-state index is 0.736. The van der Waals surface area contributed by atoms with Crippen molar-refractivity contribution in [1.82, 2.24) is 4.90 Å². The average Bonchev–Trinajstić information content (AvgIpc) is 2.88. The fourth-order valence-electron chi connectivity index (χ4n) is 3.88. The van der Waals surface area contributed by atoms with Crippen LogP contribution in [0.25, 0.3) is 0 Å². The van der Waals surface area contributed by atoms with Crippen LogP contribution in [0.4, 0.5) is 5.69 Å². The van der Waals surface area contributed by atoms with E-state index in [1.54, 1.807) is 0 Å². The van der Waals surface area contributed by atoms with Gasteiger partial charge in [-0.1, -0.05) is 37.0 Å². The highest BCUT2D eigenvalue weighted by Crippen LogP contribution is 2.32. The lowest BCUT2D eigenvalue weighted by Crippen LogP contribution is -2.33. The van der Waals surface area contributed by atoms with Crippen molar-refractivity contribution in [1.29, 1.82) is 0 Å². The first-order chi connectivity index (χ1) is 9.65. The molecule has 2 heteroatoms. The molecule has 2 nitrogen and oxygen atoms in total. The van der Waals surface area contributed by atoms with Crippen LogP contribution in [0.15, 0.2) is 12.1 Å².